The minimum atomic E-state index is -0.640. The number of hydrogen-bond donors (Lipinski definition) is 1. The maximum Gasteiger partial charge on any atom is 0.146 e. The standard InChI is InChI=1S/C10H11BrN2O2/c1-13-6-7(5-12-13)4-9(14)10-8(11)2-3-15-10/h2-3,5-6,9,14H,4H2,1H3. The molecule has 0 amide bonds. The summed E-state index contributed by atoms with van der Waals surface area (Å²) >= 11 is 3.31. The molecular weight excluding hydrogens is 260 g/mol. The number of rotatable bonds is 3. The van der Waals surface area contributed by atoms with Gasteiger partial charge in [-0.05, 0) is 27.6 Å². The van der Waals surface area contributed by atoms with Crippen molar-refractivity contribution in [3.8, 4) is 0 Å². The number of hydrogen-bond acceptors (Lipinski definition) is 3. The molecule has 0 saturated heterocycles. The Kier molecular flexibility index (Phi) is 2.93. The van der Waals surface area contributed by atoms with Crippen LogP contribution in [0.15, 0.2) is 33.6 Å². The van der Waals surface area contributed by atoms with Crippen LogP contribution in [0.3, 0.4) is 0 Å². The SMILES string of the molecule is Cn1cc(CC(O)c2occc2Br)cn1. The third-order valence-corrected chi connectivity index (χ3v) is 2.79. The van der Waals surface area contributed by atoms with Gasteiger partial charge in [-0.3, -0.25) is 4.68 Å². The van der Waals surface area contributed by atoms with Gasteiger partial charge >= 0.3 is 0 Å². The van der Waals surface area contributed by atoms with Crippen molar-refractivity contribution in [3.05, 3.63) is 40.5 Å². The van der Waals surface area contributed by atoms with Crippen LogP contribution in [-0.2, 0) is 13.5 Å². The number of aryl methyl sites for hydroxylation is 1. The predicted octanol–water partition coefficient (Wildman–Crippen LogP) is 2.05. The Hall–Kier alpha value is -1.07. The summed E-state index contributed by atoms with van der Waals surface area (Å²) in [5, 5.41) is 13.9. The maximum atomic E-state index is 9.89. The molecule has 2 heterocycles. The lowest BCUT2D eigenvalue weighted by atomic mass is 10.1. The first-order chi connectivity index (χ1) is 7.16. The summed E-state index contributed by atoms with van der Waals surface area (Å²) in [6.45, 7) is 0. The molecule has 1 N–H and O–H groups in total. The van der Waals surface area contributed by atoms with Gasteiger partial charge in [-0.25, -0.2) is 0 Å². The Labute approximate surface area is 95.6 Å². The Balaban J connectivity index is 2.10. The van der Waals surface area contributed by atoms with Crippen molar-refractivity contribution in [3.63, 3.8) is 0 Å². The van der Waals surface area contributed by atoms with Crippen molar-refractivity contribution < 1.29 is 9.52 Å². The second-order valence-electron chi connectivity index (χ2n) is 3.37. The molecule has 0 fully saturated rings. The smallest absolute Gasteiger partial charge is 0.146 e. The first-order valence-electron chi connectivity index (χ1n) is 4.55. The number of aromatic nitrogens is 2. The summed E-state index contributed by atoms with van der Waals surface area (Å²) in [6, 6.07) is 1.77. The zero-order valence-corrected chi connectivity index (χ0v) is 9.81. The number of halogens is 1. The summed E-state index contributed by atoms with van der Waals surface area (Å²) < 4.78 is 7.68. The molecule has 0 spiro atoms. The fourth-order valence-electron chi connectivity index (χ4n) is 1.44. The lowest BCUT2D eigenvalue weighted by Gasteiger charge is -2.06. The zero-order valence-electron chi connectivity index (χ0n) is 8.22. The summed E-state index contributed by atoms with van der Waals surface area (Å²) in [5.41, 5.74) is 0.980. The molecule has 1 unspecified atom stereocenters. The van der Waals surface area contributed by atoms with E-state index in [1.165, 1.54) is 0 Å². The van der Waals surface area contributed by atoms with E-state index in [2.05, 4.69) is 21.0 Å². The molecule has 2 aromatic heterocycles. The van der Waals surface area contributed by atoms with Crippen molar-refractivity contribution in [1.82, 2.24) is 9.78 Å². The van der Waals surface area contributed by atoms with E-state index in [1.807, 2.05) is 13.2 Å². The zero-order chi connectivity index (χ0) is 10.8. The normalized spacial score (nSPS) is 13.0. The highest BCUT2D eigenvalue weighted by molar-refractivity contribution is 9.10. The van der Waals surface area contributed by atoms with Crippen LogP contribution in [0.1, 0.15) is 17.4 Å². The third-order valence-electron chi connectivity index (χ3n) is 2.13. The predicted molar refractivity (Wildman–Crippen MR) is 58.3 cm³/mol. The number of nitrogens with zero attached hydrogens (tertiary/aromatic N) is 2. The van der Waals surface area contributed by atoms with Gasteiger partial charge in [0.1, 0.15) is 11.9 Å². The second kappa shape index (κ2) is 4.20. The quantitative estimate of drug-likeness (QED) is 0.929. The Morgan fingerprint density at radius 2 is 2.47 bits per heavy atom. The molecule has 4 nitrogen and oxygen atoms in total. The van der Waals surface area contributed by atoms with E-state index in [0.29, 0.717) is 12.2 Å². The molecule has 2 aromatic rings. The van der Waals surface area contributed by atoms with Gasteiger partial charge in [-0.2, -0.15) is 5.10 Å². The van der Waals surface area contributed by atoms with Crippen LogP contribution in [0.2, 0.25) is 0 Å². The van der Waals surface area contributed by atoms with Crippen molar-refractivity contribution in [2.75, 3.05) is 0 Å². The van der Waals surface area contributed by atoms with Gasteiger partial charge in [0.25, 0.3) is 0 Å². The van der Waals surface area contributed by atoms with Crippen molar-refractivity contribution in [1.29, 1.82) is 0 Å². The molecular formula is C10H11BrN2O2. The molecule has 2 rings (SSSR count). The maximum absolute atomic E-state index is 9.89. The number of aliphatic hydroxyl groups is 1. The van der Waals surface area contributed by atoms with Gasteiger partial charge in [-0.15, -0.1) is 0 Å². The Bertz CT molecular complexity index is 450. The molecule has 15 heavy (non-hydrogen) atoms. The van der Waals surface area contributed by atoms with Gasteiger partial charge in [0, 0.05) is 19.7 Å². The van der Waals surface area contributed by atoms with E-state index in [0.717, 1.165) is 10.0 Å². The van der Waals surface area contributed by atoms with Crippen LogP contribution in [0.4, 0.5) is 0 Å². The van der Waals surface area contributed by atoms with Gasteiger partial charge < -0.3 is 9.52 Å². The lowest BCUT2D eigenvalue weighted by Crippen LogP contribution is -2.00. The van der Waals surface area contributed by atoms with Crippen molar-refractivity contribution in [2.45, 2.75) is 12.5 Å². The van der Waals surface area contributed by atoms with Crippen LogP contribution >= 0.6 is 15.9 Å². The second-order valence-corrected chi connectivity index (χ2v) is 4.23. The Morgan fingerprint density at radius 1 is 1.67 bits per heavy atom. The molecule has 0 aromatic carbocycles. The monoisotopic (exact) mass is 270 g/mol. The molecule has 0 saturated carbocycles. The highest BCUT2D eigenvalue weighted by Gasteiger charge is 2.15. The number of furan rings is 1. The first kappa shape index (κ1) is 10.4. The molecule has 0 aliphatic rings. The topological polar surface area (TPSA) is 51.2 Å². The van der Waals surface area contributed by atoms with Gasteiger partial charge in [0.15, 0.2) is 0 Å². The first-order valence-corrected chi connectivity index (χ1v) is 5.34. The fourth-order valence-corrected chi connectivity index (χ4v) is 1.90. The molecule has 80 valence electrons. The minimum Gasteiger partial charge on any atom is -0.465 e. The summed E-state index contributed by atoms with van der Waals surface area (Å²) in [6.07, 6.45) is 5.02. The van der Waals surface area contributed by atoms with Crippen LogP contribution in [-0.4, -0.2) is 14.9 Å². The highest BCUT2D eigenvalue weighted by atomic mass is 79.9. The van der Waals surface area contributed by atoms with Crippen LogP contribution in [0, 0.1) is 0 Å². The van der Waals surface area contributed by atoms with E-state index in [9.17, 15) is 5.11 Å². The number of aliphatic hydroxyl groups excluding tert-OH is 1. The van der Waals surface area contributed by atoms with E-state index >= 15 is 0 Å². The Morgan fingerprint density at radius 3 is 3.00 bits per heavy atom. The molecule has 1 atom stereocenters. The third kappa shape index (κ3) is 2.30. The minimum absolute atomic E-state index is 0.500. The average molecular weight is 271 g/mol. The van der Waals surface area contributed by atoms with E-state index in [1.54, 1.807) is 23.2 Å². The lowest BCUT2D eigenvalue weighted by molar-refractivity contribution is 0.149. The average Bonchev–Trinajstić information content (AvgIpc) is 2.75. The van der Waals surface area contributed by atoms with Crippen LogP contribution in [0.25, 0.3) is 0 Å². The van der Waals surface area contributed by atoms with E-state index < -0.39 is 6.10 Å². The van der Waals surface area contributed by atoms with Crippen LogP contribution < -0.4 is 0 Å². The largest absolute Gasteiger partial charge is 0.465 e. The molecule has 0 bridgehead atoms. The van der Waals surface area contributed by atoms with Gasteiger partial charge in [-0.1, -0.05) is 0 Å². The van der Waals surface area contributed by atoms with E-state index in [4.69, 9.17) is 4.42 Å². The summed E-state index contributed by atoms with van der Waals surface area (Å²) in [7, 11) is 1.85. The van der Waals surface area contributed by atoms with Crippen molar-refractivity contribution >= 4 is 15.9 Å². The highest BCUT2D eigenvalue weighted by Crippen LogP contribution is 2.26. The van der Waals surface area contributed by atoms with Crippen LogP contribution in [0.5, 0.6) is 0 Å². The molecule has 0 aliphatic heterocycles. The summed E-state index contributed by atoms with van der Waals surface area (Å²) in [5.74, 6) is 0.554. The van der Waals surface area contributed by atoms with Gasteiger partial charge in [0.05, 0.1) is 16.9 Å². The van der Waals surface area contributed by atoms with Crippen molar-refractivity contribution in [2.24, 2.45) is 7.05 Å². The fraction of sp³-hybridized carbons (Fsp3) is 0.300. The summed E-state index contributed by atoms with van der Waals surface area (Å²) in [4.78, 5) is 0. The molecule has 0 radical (unpaired) electrons. The van der Waals surface area contributed by atoms with E-state index in [-0.39, 0.29) is 0 Å². The molecule has 5 heteroatoms. The molecule has 0 aliphatic carbocycles. The van der Waals surface area contributed by atoms with Gasteiger partial charge in [0.2, 0.25) is 0 Å².